The van der Waals surface area contributed by atoms with Gasteiger partial charge < -0.3 is 14.4 Å². The van der Waals surface area contributed by atoms with Crippen LogP contribution in [0.2, 0.25) is 0 Å². The van der Waals surface area contributed by atoms with Crippen molar-refractivity contribution in [2.24, 2.45) is 5.92 Å². The number of methoxy groups -OCH3 is 2. The van der Waals surface area contributed by atoms with Crippen LogP contribution >= 0.6 is 0 Å². The van der Waals surface area contributed by atoms with Crippen LogP contribution in [-0.2, 0) is 6.42 Å². The topological polar surface area (TPSA) is 21.7 Å². The summed E-state index contributed by atoms with van der Waals surface area (Å²) in [6.45, 7) is 6.68. The molecule has 3 nitrogen and oxygen atoms in total. The minimum Gasteiger partial charge on any atom is -0.493 e. The van der Waals surface area contributed by atoms with E-state index in [0.29, 0.717) is 5.92 Å². The van der Waals surface area contributed by atoms with Crippen LogP contribution in [0.4, 0.5) is 0 Å². The van der Waals surface area contributed by atoms with Gasteiger partial charge in [0, 0.05) is 13.1 Å². The monoisotopic (exact) mass is 251 g/mol. The zero-order valence-electron chi connectivity index (χ0n) is 12.2. The predicted octanol–water partition coefficient (Wildman–Crippen LogP) is 2.83. The van der Waals surface area contributed by atoms with Gasteiger partial charge in [-0.05, 0) is 37.1 Å². The Morgan fingerprint density at radius 1 is 1.11 bits per heavy atom. The average molecular weight is 251 g/mol. The Labute approximate surface area is 111 Å². The van der Waals surface area contributed by atoms with E-state index in [2.05, 4.69) is 37.9 Å². The molecule has 0 N–H and O–H groups in total. The number of likely N-dealkylation sites (N-methyl/N-ethyl adjacent to an activating group) is 1. The molecule has 0 bridgehead atoms. The van der Waals surface area contributed by atoms with Crippen molar-refractivity contribution < 1.29 is 9.47 Å². The maximum Gasteiger partial charge on any atom is 0.160 e. The molecular formula is C15H25NO2. The molecule has 0 saturated heterocycles. The summed E-state index contributed by atoms with van der Waals surface area (Å²) >= 11 is 0. The van der Waals surface area contributed by atoms with Gasteiger partial charge in [0.15, 0.2) is 11.5 Å². The van der Waals surface area contributed by atoms with E-state index in [9.17, 15) is 0 Å². The Morgan fingerprint density at radius 2 is 1.78 bits per heavy atom. The van der Waals surface area contributed by atoms with E-state index in [0.717, 1.165) is 31.0 Å². The lowest BCUT2D eigenvalue weighted by atomic mass is 10.1. The lowest BCUT2D eigenvalue weighted by Gasteiger charge is -2.19. The third-order valence-corrected chi connectivity index (χ3v) is 2.91. The Morgan fingerprint density at radius 3 is 2.33 bits per heavy atom. The largest absolute Gasteiger partial charge is 0.493 e. The van der Waals surface area contributed by atoms with E-state index in [1.165, 1.54) is 5.56 Å². The minimum atomic E-state index is 0.709. The molecular weight excluding hydrogens is 226 g/mol. The molecule has 0 atom stereocenters. The Kier molecular flexibility index (Phi) is 5.99. The number of rotatable bonds is 7. The second-order valence-electron chi connectivity index (χ2n) is 5.10. The second kappa shape index (κ2) is 7.27. The van der Waals surface area contributed by atoms with Gasteiger partial charge in [-0.2, -0.15) is 0 Å². The first-order valence-electron chi connectivity index (χ1n) is 6.46. The first-order valence-corrected chi connectivity index (χ1v) is 6.46. The molecule has 3 heteroatoms. The van der Waals surface area contributed by atoms with Crippen molar-refractivity contribution in [3.8, 4) is 11.5 Å². The Balaban J connectivity index is 2.57. The second-order valence-corrected chi connectivity index (χ2v) is 5.10. The highest BCUT2D eigenvalue weighted by Crippen LogP contribution is 2.27. The number of nitrogens with zero attached hydrogens (tertiary/aromatic N) is 1. The van der Waals surface area contributed by atoms with Crippen LogP contribution in [0.25, 0.3) is 0 Å². The summed E-state index contributed by atoms with van der Waals surface area (Å²) in [6, 6.07) is 6.13. The summed E-state index contributed by atoms with van der Waals surface area (Å²) in [7, 11) is 5.50. The molecule has 0 radical (unpaired) electrons. The molecule has 0 unspecified atom stereocenters. The van der Waals surface area contributed by atoms with Gasteiger partial charge in [0.1, 0.15) is 0 Å². The molecule has 0 aliphatic carbocycles. The van der Waals surface area contributed by atoms with Gasteiger partial charge in [-0.3, -0.25) is 0 Å². The van der Waals surface area contributed by atoms with Crippen molar-refractivity contribution in [2.45, 2.75) is 20.3 Å². The first kappa shape index (κ1) is 14.8. The summed E-state index contributed by atoms with van der Waals surface area (Å²) in [5, 5.41) is 0. The van der Waals surface area contributed by atoms with Crippen LogP contribution in [0.5, 0.6) is 11.5 Å². The van der Waals surface area contributed by atoms with Gasteiger partial charge in [0.05, 0.1) is 14.2 Å². The SMILES string of the molecule is COc1ccc(CCN(C)CC(C)C)cc1OC. The highest BCUT2D eigenvalue weighted by atomic mass is 16.5. The number of ether oxygens (including phenoxy) is 2. The van der Waals surface area contributed by atoms with Crippen molar-refractivity contribution >= 4 is 0 Å². The third kappa shape index (κ3) is 4.57. The number of hydrogen-bond donors (Lipinski definition) is 0. The van der Waals surface area contributed by atoms with Crippen LogP contribution in [0.15, 0.2) is 18.2 Å². The summed E-state index contributed by atoms with van der Waals surface area (Å²) in [5.41, 5.74) is 1.28. The first-order chi connectivity index (χ1) is 8.56. The quantitative estimate of drug-likeness (QED) is 0.744. The van der Waals surface area contributed by atoms with Crippen LogP contribution in [0.1, 0.15) is 19.4 Å². The minimum absolute atomic E-state index is 0.709. The molecule has 0 aliphatic heterocycles. The molecule has 0 amide bonds. The maximum atomic E-state index is 5.31. The van der Waals surface area contributed by atoms with Gasteiger partial charge in [0.25, 0.3) is 0 Å². The molecule has 0 heterocycles. The summed E-state index contributed by atoms with van der Waals surface area (Å²) < 4.78 is 10.5. The molecule has 1 rings (SSSR count). The van der Waals surface area contributed by atoms with E-state index in [1.54, 1.807) is 14.2 Å². The molecule has 0 fully saturated rings. The predicted molar refractivity (Wildman–Crippen MR) is 75.6 cm³/mol. The third-order valence-electron chi connectivity index (χ3n) is 2.91. The highest BCUT2D eigenvalue weighted by Gasteiger charge is 2.06. The van der Waals surface area contributed by atoms with E-state index in [4.69, 9.17) is 9.47 Å². The molecule has 0 spiro atoms. The molecule has 1 aromatic carbocycles. The fourth-order valence-corrected chi connectivity index (χ4v) is 2.07. The highest BCUT2D eigenvalue weighted by molar-refractivity contribution is 5.42. The molecule has 1 aromatic rings. The van der Waals surface area contributed by atoms with E-state index in [1.807, 2.05) is 6.07 Å². The maximum absolute atomic E-state index is 5.31. The molecule has 0 saturated carbocycles. The van der Waals surface area contributed by atoms with Crippen LogP contribution in [0.3, 0.4) is 0 Å². The number of benzene rings is 1. The summed E-state index contributed by atoms with van der Waals surface area (Å²) in [4.78, 5) is 2.36. The van der Waals surface area contributed by atoms with Crippen molar-refractivity contribution in [1.82, 2.24) is 4.90 Å². The van der Waals surface area contributed by atoms with Gasteiger partial charge in [-0.1, -0.05) is 19.9 Å². The normalized spacial score (nSPS) is 11.1. The fourth-order valence-electron chi connectivity index (χ4n) is 2.07. The van der Waals surface area contributed by atoms with Crippen molar-refractivity contribution in [1.29, 1.82) is 0 Å². The zero-order chi connectivity index (χ0) is 13.5. The lowest BCUT2D eigenvalue weighted by molar-refractivity contribution is 0.299. The lowest BCUT2D eigenvalue weighted by Crippen LogP contribution is -2.25. The molecule has 102 valence electrons. The average Bonchev–Trinajstić information content (AvgIpc) is 2.35. The van der Waals surface area contributed by atoms with Crippen molar-refractivity contribution in [2.75, 3.05) is 34.4 Å². The van der Waals surface area contributed by atoms with E-state index >= 15 is 0 Å². The molecule has 18 heavy (non-hydrogen) atoms. The van der Waals surface area contributed by atoms with Gasteiger partial charge in [0.2, 0.25) is 0 Å². The van der Waals surface area contributed by atoms with Gasteiger partial charge in [-0.15, -0.1) is 0 Å². The van der Waals surface area contributed by atoms with Gasteiger partial charge >= 0.3 is 0 Å². The van der Waals surface area contributed by atoms with Crippen LogP contribution in [-0.4, -0.2) is 39.3 Å². The van der Waals surface area contributed by atoms with Gasteiger partial charge in [-0.25, -0.2) is 0 Å². The number of hydrogen-bond acceptors (Lipinski definition) is 3. The van der Waals surface area contributed by atoms with E-state index < -0.39 is 0 Å². The summed E-state index contributed by atoms with van der Waals surface area (Å²) in [6.07, 6.45) is 1.03. The standard InChI is InChI=1S/C15H25NO2/c1-12(2)11-16(3)9-8-13-6-7-14(17-4)15(10-13)18-5/h6-7,10,12H,8-9,11H2,1-5H3. The van der Waals surface area contributed by atoms with Crippen molar-refractivity contribution in [3.05, 3.63) is 23.8 Å². The smallest absolute Gasteiger partial charge is 0.160 e. The summed E-state index contributed by atoms with van der Waals surface area (Å²) in [5.74, 6) is 2.30. The van der Waals surface area contributed by atoms with Crippen LogP contribution in [0, 0.1) is 5.92 Å². The Bertz CT molecular complexity index is 364. The van der Waals surface area contributed by atoms with Crippen molar-refractivity contribution in [3.63, 3.8) is 0 Å². The fraction of sp³-hybridized carbons (Fsp3) is 0.600. The molecule has 0 aromatic heterocycles. The van der Waals surface area contributed by atoms with Crippen LogP contribution < -0.4 is 9.47 Å². The van der Waals surface area contributed by atoms with E-state index in [-0.39, 0.29) is 0 Å². The molecule has 0 aliphatic rings. The Hall–Kier alpha value is -1.22. The zero-order valence-corrected chi connectivity index (χ0v) is 12.2.